The van der Waals surface area contributed by atoms with Gasteiger partial charge < -0.3 is 10.0 Å². The molecule has 0 aromatic rings. The molecule has 1 N–H and O–H groups in total. The Balaban J connectivity index is 2.62. The Morgan fingerprint density at radius 3 is 2.79 bits per heavy atom. The Labute approximate surface area is 87.7 Å². The molecule has 0 bridgehead atoms. The van der Waals surface area contributed by atoms with Gasteiger partial charge in [0.25, 0.3) is 0 Å². The molecule has 1 aliphatic heterocycles. The average molecular weight is 217 g/mol. The van der Waals surface area contributed by atoms with Crippen molar-refractivity contribution < 1.29 is 14.7 Å². The molecule has 0 saturated carbocycles. The summed E-state index contributed by atoms with van der Waals surface area (Å²) in [4.78, 5) is 23.9. The molecule has 5 heteroatoms. The van der Waals surface area contributed by atoms with Gasteiger partial charge in [0.15, 0.2) is 0 Å². The number of carboxylic acid groups (broad SMARTS) is 1. The van der Waals surface area contributed by atoms with Crippen LogP contribution in [0.25, 0.3) is 0 Å². The van der Waals surface area contributed by atoms with Crippen molar-refractivity contribution >= 4 is 23.6 Å². The summed E-state index contributed by atoms with van der Waals surface area (Å²) in [6.45, 7) is 0.594. The van der Waals surface area contributed by atoms with Crippen molar-refractivity contribution in [3.63, 3.8) is 0 Å². The summed E-state index contributed by atoms with van der Waals surface area (Å²) in [5, 5.41) is 8.93. The highest BCUT2D eigenvalue weighted by molar-refractivity contribution is 7.99. The summed E-state index contributed by atoms with van der Waals surface area (Å²) in [5.74, 6) is -0.548. The molecule has 1 heterocycles. The van der Waals surface area contributed by atoms with Crippen molar-refractivity contribution in [1.29, 1.82) is 0 Å². The van der Waals surface area contributed by atoms with E-state index in [1.165, 1.54) is 16.7 Å². The third-order valence-electron chi connectivity index (χ3n) is 2.38. The normalized spacial score (nSPS) is 22.1. The second kappa shape index (κ2) is 5.24. The van der Waals surface area contributed by atoms with Crippen LogP contribution in [0.3, 0.4) is 0 Å². The second-order valence-corrected chi connectivity index (χ2v) is 4.24. The lowest BCUT2D eigenvalue weighted by Gasteiger charge is -2.32. The number of nitrogens with zero attached hydrogens (tertiary/aromatic N) is 1. The maximum atomic E-state index is 11.6. The lowest BCUT2D eigenvalue weighted by Crippen LogP contribution is -2.48. The molecule has 80 valence electrons. The van der Waals surface area contributed by atoms with E-state index in [0.29, 0.717) is 18.7 Å². The first-order chi connectivity index (χ1) is 6.66. The molecule has 0 aromatic heterocycles. The van der Waals surface area contributed by atoms with Crippen LogP contribution in [0.1, 0.15) is 19.3 Å². The summed E-state index contributed by atoms with van der Waals surface area (Å²) < 4.78 is 0. The van der Waals surface area contributed by atoms with Crippen LogP contribution in [-0.4, -0.2) is 46.5 Å². The number of amides is 1. The number of carboxylic acids is 1. The first-order valence-corrected chi connectivity index (χ1v) is 6.07. The van der Waals surface area contributed by atoms with E-state index in [4.69, 9.17) is 5.11 Å². The molecule has 4 nitrogen and oxygen atoms in total. The van der Waals surface area contributed by atoms with Crippen molar-refractivity contribution in [3.8, 4) is 0 Å². The summed E-state index contributed by atoms with van der Waals surface area (Å²) in [7, 11) is 0. The van der Waals surface area contributed by atoms with Crippen molar-refractivity contribution in [2.24, 2.45) is 0 Å². The minimum absolute atomic E-state index is 0.0513. The van der Waals surface area contributed by atoms with Gasteiger partial charge in [0, 0.05) is 6.54 Å². The molecule has 1 amide bonds. The number of carbonyl (C=O) groups excluding carboxylic acids is 1. The zero-order chi connectivity index (χ0) is 10.6. The molecular weight excluding hydrogens is 202 g/mol. The van der Waals surface area contributed by atoms with E-state index in [2.05, 4.69) is 0 Å². The minimum atomic E-state index is -0.876. The Morgan fingerprint density at radius 2 is 2.21 bits per heavy atom. The van der Waals surface area contributed by atoms with Gasteiger partial charge in [-0.05, 0) is 25.5 Å². The van der Waals surface area contributed by atoms with Crippen LogP contribution in [0.4, 0.5) is 0 Å². The third kappa shape index (κ3) is 2.64. The predicted octanol–water partition coefficient (Wildman–Crippen LogP) is 0.815. The number of likely N-dealkylation sites (tertiary alicyclic amines) is 1. The Hall–Kier alpha value is -0.710. The first-order valence-electron chi connectivity index (χ1n) is 4.68. The molecule has 0 aromatic carbocycles. The standard InChI is InChI=1S/C9H15NO3S/c1-14-6-8(11)10-5-3-2-4-7(10)9(12)13/h7H,2-6H2,1H3,(H,12,13)/t7-/m0/s1. The van der Waals surface area contributed by atoms with Gasteiger partial charge in [0.1, 0.15) is 6.04 Å². The van der Waals surface area contributed by atoms with E-state index in [-0.39, 0.29) is 5.91 Å². The number of piperidine rings is 1. The molecule has 0 spiro atoms. The van der Waals surface area contributed by atoms with Gasteiger partial charge in [-0.15, -0.1) is 0 Å². The van der Waals surface area contributed by atoms with E-state index in [1.54, 1.807) is 0 Å². The van der Waals surface area contributed by atoms with Gasteiger partial charge in [0.2, 0.25) is 5.91 Å². The van der Waals surface area contributed by atoms with E-state index in [0.717, 1.165) is 12.8 Å². The third-order valence-corrected chi connectivity index (χ3v) is 2.91. The van der Waals surface area contributed by atoms with Gasteiger partial charge in [-0.2, -0.15) is 11.8 Å². The van der Waals surface area contributed by atoms with Crippen molar-refractivity contribution in [2.45, 2.75) is 25.3 Å². The summed E-state index contributed by atoms with van der Waals surface area (Å²) in [6, 6.07) is -0.594. The van der Waals surface area contributed by atoms with Crippen LogP contribution >= 0.6 is 11.8 Å². The molecule has 0 aliphatic carbocycles. The van der Waals surface area contributed by atoms with Gasteiger partial charge in [-0.3, -0.25) is 4.79 Å². The molecule has 1 saturated heterocycles. The van der Waals surface area contributed by atoms with Crippen LogP contribution in [0, 0.1) is 0 Å². The maximum absolute atomic E-state index is 11.6. The summed E-state index contributed by atoms with van der Waals surface area (Å²) >= 11 is 1.43. The SMILES string of the molecule is CSCC(=O)N1CCCC[C@H]1C(=O)O. The van der Waals surface area contributed by atoms with Gasteiger partial charge >= 0.3 is 5.97 Å². The highest BCUT2D eigenvalue weighted by atomic mass is 32.2. The van der Waals surface area contributed by atoms with E-state index in [1.807, 2.05) is 6.26 Å². The molecule has 0 unspecified atom stereocenters. The lowest BCUT2D eigenvalue weighted by molar-refractivity contribution is -0.150. The average Bonchev–Trinajstić information content (AvgIpc) is 2.18. The number of hydrogen-bond donors (Lipinski definition) is 1. The van der Waals surface area contributed by atoms with E-state index < -0.39 is 12.0 Å². The highest BCUT2D eigenvalue weighted by Gasteiger charge is 2.31. The lowest BCUT2D eigenvalue weighted by atomic mass is 10.0. The van der Waals surface area contributed by atoms with Crippen molar-refractivity contribution in [3.05, 3.63) is 0 Å². The molecular formula is C9H15NO3S. The Morgan fingerprint density at radius 1 is 1.50 bits per heavy atom. The summed E-state index contributed by atoms with van der Waals surface area (Å²) in [5.41, 5.74) is 0. The number of hydrogen-bond acceptors (Lipinski definition) is 3. The monoisotopic (exact) mass is 217 g/mol. The zero-order valence-corrected chi connectivity index (χ0v) is 9.05. The fourth-order valence-corrected chi connectivity index (χ4v) is 2.11. The quantitative estimate of drug-likeness (QED) is 0.760. The van der Waals surface area contributed by atoms with Gasteiger partial charge in [-0.25, -0.2) is 4.79 Å². The minimum Gasteiger partial charge on any atom is -0.480 e. The first kappa shape index (κ1) is 11.4. The van der Waals surface area contributed by atoms with E-state index >= 15 is 0 Å². The molecule has 1 fully saturated rings. The topological polar surface area (TPSA) is 57.6 Å². The maximum Gasteiger partial charge on any atom is 0.326 e. The summed E-state index contributed by atoms with van der Waals surface area (Å²) in [6.07, 6.45) is 4.26. The largest absolute Gasteiger partial charge is 0.480 e. The van der Waals surface area contributed by atoms with Crippen molar-refractivity contribution in [1.82, 2.24) is 4.90 Å². The fourth-order valence-electron chi connectivity index (χ4n) is 1.69. The number of carbonyl (C=O) groups is 2. The van der Waals surface area contributed by atoms with Crippen LogP contribution in [-0.2, 0) is 9.59 Å². The van der Waals surface area contributed by atoms with E-state index in [9.17, 15) is 9.59 Å². The van der Waals surface area contributed by atoms with Crippen LogP contribution < -0.4 is 0 Å². The highest BCUT2D eigenvalue weighted by Crippen LogP contribution is 2.18. The van der Waals surface area contributed by atoms with Gasteiger partial charge in [-0.1, -0.05) is 0 Å². The van der Waals surface area contributed by atoms with Crippen molar-refractivity contribution in [2.75, 3.05) is 18.6 Å². The second-order valence-electron chi connectivity index (χ2n) is 3.37. The molecule has 1 aliphatic rings. The van der Waals surface area contributed by atoms with Crippen LogP contribution in [0.2, 0.25) is 0 Å². The molecule has 1 atom stereocenters. The fraction of sp³-hybridized carbons (Fsp3) is 0.778. The smallest absolute Gasteiger partial charge is 0.326 e. The molecule has 0 radical (unpaired) electrons. The molecule has 1 rings (SSSR count). The Bertz CT molecular complexity index is 232. The number of thioether (sulfide) groups is 1. The predicted molar refractivity (Wildman–Crippen MR) is 55.4 cm³/mol. The van der Waals surface area contributed by atoms with Gasteiger partial charge in [0.05, 0.1) is 5.75 Å². The van der Waals surface area contributed by atoms with Crippen LogP contribution in [0.15, 0.2) is 0 Å². The Kier molecular flexibility index (Phi) is 4.25. The number of aliphatic carboxylic acids is 1. The molecule has 14 heavy (non-hydrogen) atoms. The van der Waals surface area contributed by atoms with Crippen LogP contribution in [0.5, 0.6) is 0 Å². The number of rotatable bonds is 3. The zero-order valence-electron chi connectivity index (χ0n) is 8.23.